The van der Waals surface area contributed by atoms with Crippen molar-refractivity contribution in [2.45, 2.75) is 13.8 Å². The van der Waals surface area contributed by atoms with Crippen molar-refractivity contribution in [1.82, 2.24) is 30.0 Å². The fraction of sp³-hybridized carbons (Fsp3) is 0.111. The molecule has 2 heterocycles. The number of rotatable bonds is 4. The molecular weight excluding hydrogens is 454 g/mol. The maximum absolute atomic E-state index is 11.3. The minimum atomic E-state index is -0.00573. The Morgan fingerprint density at radius 2 is 0.917 bits per heavy atom. The lowest BCUT2D eigenvalue weighted by Crippen LogP contribution is -2.13. The maximum Gasteiger partial charge on any atom is 0.167 e. The zero-order chi connectivity index (χ0) is 25.0. The first-order valence-corrected chi connectivity index (χ1v) is 11.4. The molecular formula is C27H23N7O2. The summed E-state index contributed by atoms with van der Waals surface area (Å²) in [6.45, 7) is 3.87. The molecule has 4 aromatic carbocycles. The third-order valence-electron chi connectivity index (χ3n) is 6.15. The van der Waals surface area contributed by atoms with Crippen molar-refractivity contribution in [3.05, 3.63) is 83.9 Å². The zero-order valence-corrected chi connectivity index (χ0v) is 20.0. The summed E-state index contributed by atoms with van der Waals surface area (Å²) < 4.78 is 0. The lowest BCUT2D eigenvalue weighted by molar-refractivity contribution is 0.464. The van der Waals surface area contributed by atoms with Crippen LogP contribution in [-0.2, 0) is 0 Å². The molecule has 9 nitrogen and oxygen atoms in total. The van der Waals surface area contributed by atoms with Crippen LogP contribution >= 0.6 is 0 Å². The molecule has 36 heavy (non-hydrogen) atoms. The first-order valence-electron chi connectivity index (χ1n) is 11.4. The van der Waals surface area contributed by atoms with E-state index in [0.717, 1.165) is 33.2 Å². The van der Waals surface area contributed by atoms with Gasteiger partial charge in [0.1, 0.15) is 33.4 Å². The van der Waals surface area contributed by atoms with Crippen molar-refractivity contribution in [3.63, 3.8) is 0 Å². The highest BCUT2D eigenvalue weighted by Gasteiger charge is 2.22. The number of aryl methyl sites for hydroxylation is 2. The van der Waals surface area contributed by atoms with Gasteiger partial charge in [-0.1, -0.05) is 24.3 Å². The highest BCUT2D eigenvalue weighted by Crippen LogP contribution is 2.42. The number of hydrogen-bond donors (Lipinski definition) is 2. The van der Waals surface area contributed by atoms with Crippen LogP contribution in [-0.4, -0.2) is 47.2 Å². The summed E-state index contributed by atoms with van der Waals surface area (Å²) in [5.41, 5.74) is 6.61. The number of aromatic nitrogens is 6. The molecule has 0 aliphatic rings. The number of benzene rings is 4. The quantitative estimate of drug-likeness (QED) is 0.370. The van der Waals surface area contributed by atoms with Crippen LogP contribution in [0.5, 0.6) is 11.5 Å². The van der Waals surface area contributed by atoms with Gasteiger partial charge in [0, 0.05) is 7.05 Å². The van der Waals surface area contributed by atoms with Crippen molar-refractivity contribution >= 4 is 33.4 Å². The fourth-order valence-corrected chi connectivity index (χ4v) is 4.36. The van der Waals surface area contributed by atoms with Crippen molar-refractivity contribution in [2.24, 2.45) is 0 Å². The van der Waals surface area contributed by atoms with Crippen LogP contribution in [0.4, 0.5) is 11.4 Å². The van der Waals surface area contributed by atoms with Gasteiger partial charge in [0.15, 0.2) is 11.5 Å². The summed E-state index contributed by atoms with van der Waals surface area (Å²) in [6, 6.07) is 22.4. The van der Waals surface area contributed by atoms with Crippen LogP contribution in [0.25, 0.3) is 33.4 Å². The van der Waals surface area contributed by atoms with Crippen molar-refractivity contribution in [2.75, 3.05) is 11.9 Å². The zero-order valence-electron chi connectivity index (χ0n) is 20.0. The Labute approximate surface area is 206 Å². The van der Waals surface area contributed by atoms with E-state index in [2.05, 4.69) is 20.4 Å². The molecule has 0 fully saturated rings. The van der Waals surface area contributed by atoms with Crippen LogP contribution in [0, 0.1) is 13.8 Å². The first kappa shape index (κ1) is 21.6. The average Bonchev–Trinajstić information content (AvgIpc) is 3.50. The molecule has 0 atom stereocenters. The van der Waals surface area contributed by atoms with Crippen LogP contribution in [0.15, 0.2) is 72.8 Å². The number of anilines is 2. The van der Waals surface area contributed by atoms with Crippen LogP contribution < -0.4 is 4.90 Å². The Hall–Kier alpha value is -4.92. The highest BCUT2D eigenvalue weighted by atomic mass is 16.3. The summed E-state index contributed by atoms with van der Waals surface area (Å²) in [5, 5.41) is 40.7. The minimum absolute atomic E-state index is 0.00573. The Balaban J connectivity index is 1.47. The van der Waals surface area contributed by atoms with Gasteiger partial charge in [0.2, 0.25) is 0 Å². The SMILES string of the molecule is Cc1cc(N(C)c2cc(C)cc(-n3nc4ccccc4n3)c2O)c(O)c(-n2nc3ccccc3n2)c1. The summed E-state index contributed by atoms with van der Waals surface area (Å²) in [5.74, 6) is -0.0115. The van der Waals surface area contributed by atoms with E-state index in [9.17, 15) is 10.2 Å². The van der Waals surface area contributed by atoms with Gasteiger partial charge in [-0.2, -0.15) is 0 Å². The number of phenolic OH excluding ortho intramolecular Hbond substituents is 2. The molecule has 0 amide bonds. The van der Waals surface area contributed by atoms with Gasteiger partial charge in [0.05, 0.1) is 11.4 Å². The van der Waals surface area contributed by atoms with E-state index >= 15 is 0 Å². The van der Waals surface area contributed by atoms with E-state index in [1.54, 1.807) is 11.9 Å². The largest absolute Gasteiger partial charge is 0.504 e. The molecule has 2 aromatic heterocycles. The number of fused-ring (bicyclic) bond motifs is 2. The summed E-state index contributed by atoms with van der Waals surface area (Å²) in [4.78, 5) is 4.61. The summed E-state index contributed by atoms with van der Waals surface area (Å²) in [7, 11) is 1.79. The van der Waals surface area contributed by atoms with E-state index in [4.69, 9.17) is 0 Å². The summed E-state index contributed by atoms with van der Waals surface area (Å²) >= 11 is 0. The number of aromatic hydroxyl groups is 2. The third kappa shape index (κ3) is 3.49. The van der Waals surface area contributed by atoms with E-state index < -0.39 is 0 Å². The molecule has 6 aromatic rings. The predicted octanol–water partition coefficient (Wildman–Crippen LogP) is 4.95. The van der Waals surface area contributed by atoms with Crippen molar-refractivity contribution in [3.8, 4) is 22.9 Å². The molecule has 0 aliphatic heterocycles. The van der Waals surface area contributed by atoms with E-state index in [0.29, 0.717) is 22.7 Å². The topological polar surface area (TPSA) is 105 Å². The molecule has 0 aliphatic carbocycles. The smallest absolute Gasteiger partial charge is 0.167 e. The fourth-order valence-electron chi connectivity index (χ4n) is 4.36. The predicted molar refractivity (Wildman–Crippen MR) is 139 cm³/mol. The third-order valence-corrected chi connectivity index (χ3v) is 6.15. The first-order chi connectivity index (χ1) is 17.4. The summed E-state index contributed by atoms with van der Waals surface area (Å²) in [6.07, 6.45) is 0. The van der Waals surface area contributed by atoms with Gasteiger partial charge in [0.25, 0.3) is 0 Å². The van der Waals surface area contributed by atoms with Crippen molar-refractivity contribution < 1.29 is 10.2 Å². The van der Waals surface area contributed by atoms with Gasteiger partial charge >= 0.3 is 0 Å². The van der Waals surface area contributed by atoms with E-state index in [1.165, 1.54) is 9.59 Å². The molecule has 0 saturated heterocycles. The van der Waals surface area contributed by atoms with Crippen LogP contribution in [0.3, 0.4) is 0 Å². The lowest BCUT2D eigenvalue weighted by Gasteiger charge is -2.24. The number of phenols is 2. The second kappa shape index (κ2) is 8.09. The standard InChI is InChI=1S/C27H23N7O2/c1-16-12-22(26(35)24(14-16)33-28-18-8-4-5-9-19(18)29-33)32(3)23-13-17(2)15-25(27(23)36)34-30-20-10-6-7-11-21(20)31-34/h4-15,35-36H,1-3H3. The van der Waals surface area contributed by atoms with Gasteiger partial charge < -0.3 is 15.1 Å². The molecule has 178 valence electrons. The monoisotopic (exact) mass is 477 g/mol. The molecule has 2 N–H and O–H groups in total. The molecule has 0 unspecified atom stereocenters. The van der Waals surface area contributed by atoms with Crippen molar-refractivity contribution in [1.29, 1.82) is 0 Å². The molecule has 0 spiro atoms. The second-order valence-corrected chi connectivity index (χ2v) is 8.82. The average molecular weight is 478 g/mol. The van der Waals surface area contributed by atoms with Gasteiger partial charge in [-0.15, -0.1) is 30.0 Å². The Morgan fingerprint density at radius 1 is 0.583 bits per heavy atom. The molecule has 0 radical (unpaired) electrons. The second-order valence-electron chi connectivity index (χ2n) is 8.82. The lowest BCUT2D eigenvalue weighted by atomic mass is 10.1. The van der Waals surface area contributed by atoms with E-state index in [-0.39, 0.29) is 11.5 Å². The van der Waals surface area contributed by atoms with Gasteiger partial charge in [-0.05, 0) is 73.5 Å². The maximum atomic E-state index is 11.3. The number of nitrogens with zero attached hydrogens (tertiary/aromatic N) is 7. The van der Waals surface area contributed by atoms with Gasteiger partial charge in [-0.3, -0.25) is 0 Å². The number of hydrogen-bond acceptors (Lipinski definition) is 7. The van der Waals surface area contributed by atoms with Crippen LogP contribution in [0.1, 0.15) is 11.1 Å². The van der Waals surface area contributed by atoms with Crippen LogP contribution in [0.2, 0.25) is 0 Å². The van der Waals surface area contributed by atoms with Gasteiger partial charge in [-0.25, -0.2) is 0 Å². The minimum Gasteiger partial charge on any atom is -0.504 e. The Morgan fingerprint density at radius 3 is 1.25 bits per heavy atom. The van der Waals surface area contributed by atoms with E-state index in [1.807, 2.05) is 86.6 Å². The Bertz CT molecular complexity index is 1570. The molecule has 9 heteroatoms. The molecule has 0 saturated carbocycles. The normalized spacial score (nSPS) is 11.4. The Kier molecular flexibility index (Phi) is 4.85. The molecule has 6 rings (SSSR count). The molecule has 0 bridgehead atoms. The highest BCUT2D eigenvalue weighted by molar-refractivity contribution is 5.80.